The number of benzene rings is 1. The third kappa shape index (κ3) is 6.25. The Morgan fingerprint density at radius 2 is 1.97 bits per heavy atom. The van der Waals surface area contributed by atoms with Crippen molar-refractivity contribution in [3.05, 3.63) is 46.7 Å². The van der Waals surface area contributed by atoms with Gasteiger partial charge in [0.05, 0.1) is 18.7 Å². The predicted octanol–water partition coefficient (Wildman–Crippen LogP) is 2.70. The largest absolute Gasteiger partial charge is 0.379 e. The molecule has 1 aliphatic heterocycles. The summed E-state index contributed by atoms with van der Waals surface area (Å²) in [6, 6.07) is 10.7. The molecule has 1 fully saturated rings. The molecule has 9 nitrogen and oxygen atoms in total. The zero-order chi connectivity index (χ0) is 24.8. The Bertz CT molecular complexity index is 1120. The maximum Gasteiger partial charge on any atom is 0.248 e. The van der Waals surface area contributed by atoms with E-state index in [2.05, 4.69) is 20.5 Å². The van der Waals surface area contributed by atoms with Gasteiger partial charge in [0.1, 0.15) is 18.1 Å². The number of nitrogens with one attached hydrogen (secondary N) is 1. The highest BCUT2D eigenvalue weighted by Crippen LogP contribution is 2.27. The van der Waals surface area contributed by atoms with Crippen molar-refractivity contribution in [3.8, 4) is 0 Å². The van der Waals surface area contributed by atoms with Crippen LogP contribution in [0.4, 0.5) is 0 Å². The molecule has 188 valence electrons. The van der Waals surface area contributed by atoms with E-state index in [4.69, 9.17) is 4.74 Å². The van der Waals surface area contributed by atoms with Gasteiger partial charge in [-0.2, -0.15) is 0 Å². The Labute approximate surface area is 210 Å². The summed E-state index contributed by atoms with van der Waals surface area (Å²) in [7, 11) is 0. The first-order valence-electron chi connectivity index (χ1n) is 12.1. The second-order valence-corrected chi connectivity index (χ2v) is 10.4. The molecule has 0 unspecified atom stereocenters. The van der Waals surface area contributed by atoms with Gasteiger partial charge in [0.2, 0.25) is 11.8 Å². The summed E-state index contributed by atoms with van der Waals surface area (Å²) in [5.74, 6) is -0.338. The zero-order valence-electron chi connectivity index (χ0n) is 20.6. The molecule has 1 atom stereocenters. The highest BCUT2D eigenvalue weighted by Gasteiger charge is 2.35. The van der Waals surface area contributed by atoms with Crippen LogP contribution in [0.5, 0.6) is 0 Å². The quantitative estimate of drug-likeness (QED) is 0.462. The smallest absolute Gasteiger partial charge is 0.248 e. The Balaban J connectivity index is 1.63. The monoisotopic (exact) mass is 498 g/mol. The number of fused-ring (bicyclic) bond motifs is 1. The lowest BCUT2D eigenvalue weighted by Crippen LogP contribution is -2.52. The summed E-state index contributed by atoms with van der Waals surface area (Å²) < 4.78 is 7.08. The molecule has 2 aromatic heterocycles. The van der Waals surface area contributed by atoms with Gasteiger partial charge in [-0.25, -0.2) is 4.68 Å². The number of morpholine rings is 1. The average Bonchev–Trinajstić information content (AvgIpc) is 3.52. The average molecular weight is 499 g/mol. The van der Waals surface area contributed by atoms with Gasteiger partial charge in [-0.3, -0.25) is 14.5 Å². The van der Waals surface area contributed by atoms with Crippen molar-refractivity contribution < 1.29 is 14.3 Å². The lowest BCUT2D eigenvalue weighted by atomic mass is 10.0. The number of aromatic nitrogens is 3. The maximum absolute atomic E-state index is 13.8. The zero-order valence-corrected chi connectivity index (χ0v) is 21.5. The van der Waals surface area contributed by atoms with Gasteiger partial charge < -0.3 is 15.0 Å². The van der Waals surface area contributed by atoms with Crippen molar-refractivity contribution in [1.82, 2.24) is 30.1 Å². The van der Waals surface area contributed by atoms with Crippen molar-refractivity contribution in [1.29, 1.82) is 0 Å². The lowest BCUT2D eigenvalue weighted by Gasteiger charge is -2.35. The van der Waals surface area contributed by atoms with E-state index >= 15 is 0 Å². The molecule has 2 amide bonds. The minimum Gasteiger partial charge on any atom is -0.379 e. The summed E-state index contributed by atoms with van der Waals surface area (Å²) in [5, 5.41) is 13.5. The van der Waals surface area contributed by atoms with E-state index in [-0.39, 0.29) is 23.9 Å². The molecule has 4 rings (SSSR count). The second-order valence-electron chi connectivity index (χ2n) is 9.42. The van der Waals surface area contributed by atoms with Gasteiger partial charge >= 0.3 is 0 Å². The maximum atomic E-state index is 13.8. The minimum atomic E-state index is -0.718. The molecule has 10 heteroatoms. The van der Waals surface area contributed by atoms with Crippen molar-refractivity contribution >= 4 is 34.2 Å². The van der Waals surface area contributed by atoms with E-state index in [0.29, 0.717) is 26.3 Å². The van der Waals surface area contributed by atoms with Gasteiger partial charge in [0.15, 0.2) is 0 Å². The molecular weight excluding hydrogens is 464 g/mol. The number of hydrogen-bond donors (Lipinski definition) is 1. The highest BCUT2D eigenvalue weighted by molar-refractivity contribution is 7.10. The van der Waals surface area contributed by atoms with Crippen molar-refractivity contribution in [3.63, 3.8) is 0 Å². The third-order valence-corrected chi connectivity index (χ3v) is 7.43. The highest BCUT2D eigenvalue weighted by atomic mass is 32.1. The SMILES string of the molecule is CCC(C)(C)NC(=O)[C@@H](c1cccs1)N(CCN1CCOCC1)C(=O)Cn1nnc2ccccc21. The minimum absolute atomic E-state index is 0.00987. The summed E-state index contributed by atoms with van der Waals surface area (Å²) >= 11 is 1.49. The third-order valence-electron chi connectivity index (χ3n) is 6.50. The van der Waals surface area contributed by atoms with Crippen LogP contribution in [0.2, 0.25) is 0 Å². The Morgan fingerprint density at radius 3 is 2.69 bits per heavy atom. The molecule has 0 bridgehead atoms. The van der Waals surface area contributed by atoms with Crippen LogP contribution in [0.25, 0.3) is 11.0 Å². The standard InChI is InChI=1S/C25H34N6O3S/c1-4-25(2,3)26-24(33)23(21-10-7-17-35-21)30(12-11-29-13-15-34-16-14-29)22(32)18-31-20-9-6-5-8-19(20)27-28-31/h5-10,17,23H,4,11-16,18H2,1-3H3,(H,26,33)/t23-/m1/s1. The first kappa shape index (κ1) is 25.3. The number of para-hydroxylation sites is 1. The fourth-order valence-electron chi connectivity index (χ4n) is 4.09. The Kier molecular flexibility index (Phi) is 8.15. The number of nitrogens with zero attached hydrogens (tertiary/aromatic N) is 5. The molecule has 3 aromatic rings. The molecule has 1 N–H and O–H groups in total. The summed E-state index contributed by atoms with van der Waals surface area (Å²) in [4.78, 5) is 32.3. The van der Waals surface area contributed by atoms with E-state index in [0.717, 1.165) is 35.4 Å². The molecule has 0 spiro atoms. The molecule has 1 aromatic carbocycles. The van der Waals surface area contributed by atoms with E-state index in [1.54, 1.807) is 9.58 Å². The van der Waals surface area contributed by atoms with E-state index in [1.165, 1.54) is 11.3 Å². The van der Waals surface area contributed by atoms with Gasteiger partial charge in [-0.15, -0.1) is 16.4 Å². The normalized spacial score (nSPS) is 15.7. The summed E-state index contributed by atoms with van der Waals surface area (Å²) in [5.41, 5.74) is 1.14. The van der Waals surface area contributed by atoms with E-state index in [9.17, 15) is 9.59 Å². The molecule has 35 heavy (non-hydrogen) atoms. The van der Waals surface area contributed by atoms with E-state index < -0.39 is 6.04 Å². The van der Waals surface area contributed by atoms with E-state index in [1.807, 2.05) is 62.5 Å². The van der Waals surface area contributed by atoms with Crippen LogP contribution in [-0.2, 0) is 20.9 Å². The summed E-state index contributed by atoms with van der Waals surface area (Å²) in [6.45, 7) is 10.1. The fraction of sp³-hybridized carbons (Fsp3) is 0.520. The van der Waals surface area contributed by atoms with Gasteiger partial charge in [-0.1, -0.05) is 30.3 Å². The van der Waals surface area contributed by atoms with Crippen LogP contribution in [0.1, 0.15) is 38.1 Å². The second kappa shape index (κ2) is 11.3. The number of hydrogen-bond acceptors (Lipinski definition) is 7. The number of amides is 2. The van der Waals surface area contributed by atoms with Crippen LogP contribution in [0.15, 0.2) is 41.8 Å². The number of thiophene rings is 1. The van der Waals surface area contributed by atoms with Crippen LogP contribution in [0, 0.1) is 0 Å². The van der Waals surface area contributed by atoms with Crippen LogP contribution >= 0.6 is 11.3 Å². The lowest BCUT2D eigenvalue weighted by molar-refractivity contribution is -0.142. The number of carbonyl (C=O) groups excluding carboxylic acids is 2. The van der Waals surface area contributed by atoms with Crippen LogP contribution in [0.3, 0.4) is 0 Å². The molecule has 0 aliphatic carbocycles. The number of carbonyl (C=O) groups is 2. The molecule has 0 radical (unpaired) electrons. The van der Waals surface area contributed by atoms with Gasteiger partial charge in [-0.05, 0) is 43.8 Å². The Hall–Kier alpha value is -2.82. The summed E-state index contributed by atoms with van der Waals surface area (Å²) in [6.07, 6.45) is 0.780. The van der Waals surface area contributed by atoms with Crippen LogP contribution < -0.4 is 5.32 Å². The first-order valence-corrected chi connectivity index (χ1v) is 13.0. The topological polar surface area (TPSA) is 92.6 Å². The van der Waals surface area contributed by atoms with Gasteiger partial charge in [0, 0.05) is 36.6 Å². The van der Waals surface area contributed by atoms with Crippen molar-refractivity contribution in [2.24, 2.45) is 0 Å². The van der Waals surface area contributed by atoms with Gasteiger partial charge in [0.25, 0.3) is 0 Å². The molecule has 1 aliphatic rings. The molecular formula is C25H34N6O3S. The molecule has 1 saturated heterocycles. The number of ether oxygens (including phenoxy) is 1. The first-order chi connectivity index (χ1) is 16.9. The van der Waals surface area contributed by atoms with Crippen molar-refractivity contribution in [2.45, 2.75) is 45.3 Å². The molecule has 3 heterocycles. The fourth-order valence-corrected chi connectivity index (χ4v) is 4.92. The van der Waals surface area contributed by atoms with Crippen molar-refractivity contribution in [2.75, 3.05) is 39.4 Å². The Morgan fingerprint density at radius 1 is 1.20 bits per heavy atom. The number of rotatable bonds is 10. The predicted molar refractivity (Wildman–Crippen MR) is 136 cm³/mol. The molecule has 0 saturated carbocycles. The van der Waals surface area contributed by atoms with Crippen LogP contribution in [-0.4, -0.2) is 81.5 Å².